The van der Waals surface area contributed by atoms with Gasteiger partial charge in [0.2, 0.25) is 5.91 Å². The standard InChI is InChI=1S/C29H28N4OS/c1-22-13-14-26-27(19-22)35-29(31-26)33(17-8-16-32-18-15-30-21-32)28(34)20-25(23-9-4-2-5-10-23)24-11-6-3-7-12-24/h2-7,9-15,18-19,21,25H,8,16-17,20H2,1H3. The molecule has 0 aliphatic heterocycles. The summed E-state index contributed by atoms with van der Waals surface area (Å²) in [5.74, 6) is 0.0711. The van der Waals surface area contributed by atoms with Gasteiger partial charge in [-0.15, -0.1) is 0 Å². The first-order chi connectivity index (χ1) is 17.2. The Morgan fingerprint density at radius 1 is 1.00 bits per heavy atom. The van der Waals surface area contributed by atoms with Crippen molar-refractivity contribution in [1.29, 1.82) is 0 Å². The minimum atomic E-state index is -0.0160. The zero-order valence-electron chi connectivity index (χ0n) is 19.7. The lowest BCUT2D eigenvalue weighted by Gasteiger charge is -2.24. The molecule has 0 aliphatic rings. The molecule has 1 amide bonds. The Bertz CT molecular complexity index is 1340. The molecule has 0 bridgehead atoms. The largest absolute Gasteiger partial charge is 0.337 e. The summed E-state index contributed by atoms with van der Waals surface area (Å²) >= 11 is 1.59. The van der Waals surface area contributed by atoms with E-state index in [4.69, 9.17) is 4.98 Å². The predicted molar refractivity (Wildman–Crippen MR) is 143 cm³/mol. The average molecular weight is 481 g/mol. The van der Waals surface area contributed by atoms with Crippen molar-refractivity contribution in [2.45, 2.75) is 32.2 Å². The van der Waals surface area contributed by atoms with Gasteiger partial charge in [0.1, 0.15) is 0 Å². The van der Waals surface area contributed by atoms with Gasteiger partial charge in [0.05, 0.1) is 16.5 Å². The lowest BCUT2D eigenvalue weighted by atomic mass is 9.88. The van der Waals surface area contributed by atoms with Crippen LogP contribution >= 0.6 is 11.3 Å². The third kappa shape index (κ3) is 5.49. The van der Waals surface area contributed by atoms with Crippen molar-refractivity contribution in [2.75, 3.05) is 11.4 Å². The molecule has 0 atom stereocenters. The summed E-state index contributed by atoms with van der Waals surface area (Å²) in [6, 6.07) is 26.8. The van der Waals surface area contributed by atoms with E-state index in [2.05, 4.69) is 48.3 Å². The van der Waals surface area contributed by atoms with Gasteiger partial charge in [0.15, 0.2) is 5.13 Å². The van der Waals surface area contributed by atoms with Crippen LogP contribution in [0.3, 0.4) is 0 Å². The smallest absolute Gasteiger partial charge is 0.229 e. The van der Waals surface area contributed by atoms with Crippen LogP contribution in [-0.4, -0.2) is 27.0 Å². The lowest BCUT2D eigenvalue weighted by Crippen LogP contribution is -2.33. The Morgan fingerprint density at radius 2 is 1.71 bits per heavy atom. The van der Waals surface area contributed by atoms with Crippen molar-refractivity contribution in [1.82, 2.24) is 14.5 Å². The summed E-state index contributed by atoms with van der Waals surface area (Å²) in [6.07, 6.45) is 6.75. The van der Waals surface area contributed by atoms with E-state index in [-0.39, 0.29) is 11.8 Å². The van der Waals surface area contributed by atoms with Crippen LogP contribution in [-0.2, 0) is 11.3 Å². The highest BCUT2D eigenvalue weighted by Gasteiger charge is 2.25. The molecular formula is C29H28N4OS. The van der Waals surface area contributed by atoms with Gasteiger partial charge in [0.25, 0.3) is 0 Å². The zero-order valence-corrected chi connectivity index (χ0v) is 20.6. The first-order valence-corrected chi connectivity index (χ1v) is 12.7. The number of aryl methyl sites for hydroxylation is 2. The van der Waals surface area contributed by atoms with Gasteiger partial charge < -0.3 is 4.57 Å². The van der Waals surface area contributed by atoms with Crippen LogP contribution in [0.15, 0.2) is 97.6 Å². The average Bonchev–Trinajstić information content (AvgIpc) is 3.55. The maximum absolute atomic E-state index is 13.9. The highest BCUT2D eigenvalue weighted by Crippen LogP contribution is 2.33. The SMILES string of the molecule is Cc1ccc2nc(N(CCCn3ccnc3)C(=O)CC(c3ccccc3)c3ccccc3)sc2c1. The quantitative estimate of drug-likeness (QED) is 0.244. The van der Waals surface area contributed by atoms with E-state index in [0.717, 1.165) is 39.4 Å². The van der Waals surface area contributed by atoms with Gasteiger partial charge in [-0.3, -0.25) is 9.69 Å². The summed E-state index contributed by atoms with van der Waals surface area (Å²) in [4.78, 5) is 24.8. The van der Waals surface area contributed by atoms with E-state index in [0.29, 0.717) is 13.0 Å². The van der Waals surface area contributed by atoms with Crippen LogP contribution in [0.25, 0.3) is 10.2 Å². The number of carbonyl (C=O) groups excluding carboxylic acids is 1. The summed E-state index contributed by atoms with van der Waals surface area (Å²) in [6.45, 7) is 3.48. The number of rotatable bonds is 9. The maximum Gasteiger partial charge on any atom is 0.229 e. The molecule has 5 aromatic rings. The molecular weight excluding hydrogens is 452 g/mol. The van der Waals surface area contributed by atoms with Crippen LogP contribution in [0.2, 0.25) is 0 Å². The minimum absolute atomic E-state index is 0.0160. The topological polar surface area (TPSA) is 51.0 Å². The highest BCUT2D eigenvalue weighted by atomic mass is 32.1. The van der Waals surface area contributed by atoms with Crippen LogP contribution in [0.1, 0.15) is 35.4 Å². The van der Waals surface area contributed by atoms with Crippen molar-refractivity contribution in [3.8, 4) is 0 Å². The van der Waals surface area contributed by atoms with Crippen molar-refractivity contribution in [3.63, 3.8) is 0 Å². The fraction of sp³-hybridized carbons (Fsp3) is 0.207. The Balaban J connectivity index is 1.44. The molecule has 176 valence electrons. The normalized spacial score (nSPS) is 11.3. The first-order valence-electron chi connectivity index (χ1n) is 11.9. The maximum atomic E-state index is 13.9. The number of fused-ring (bicyclic) bond motifs is 1. The van der Waals surface area contributed by atoms with Crippen molar-refractivity contribution in [2.24, 2.45) is 0 Å². The molecule has 0 N–H and O–H groups in total. The Kier molecular flexibility index (Phi) is 7.00. The molecule has 2 heterocycles. The molecule has 0 radical (unpaired) electrons. The zero-order chi connectivity index (χ0) is 24.0. The molecule has 0 saturated carbocycles. The summed E-state index contributed by atoms with van der Waals surface area (Å²) in [7, 11) is 0. The third-order valence-electron chi connectivity index (χ3n) is 6.20. The fourth-order valence-corrected chi connectivity index (χ4v) is 5.48. The molecule has 0 fully saturated rings. The number of carbonyl (C=O) groups is 1. The predicted octanol–water partition coefficient (Wildman–Crippen LogP) is 6.45. The van der Waals surface area contributed by atoms with Crippen molar-refractivity contribution < 1.29 is 4.79 Å². The van der Waals surface area contributed by atoms with Gasteiger partial charge >= 0.3 is 0 Å². The molecule has 0 unspecified atom stereocenters. The number of amides is 1. The van der Waals surface area contributed by atoms with E-state index in [1.54, 1.807) is 17.5 Å². The third-order valence-corrected chi connectivity index (χ3v) is 7.25. The molecule has 3 aromatic carbocycles. The number of hydrogen-bond acceptors (Lipinski definition) is 4. The number of anilines is 1. The monoisotopic (exact) mass is 480 g/mol. The van der Waals surface area contributed by atoms with Crippen LogP contribution in [0.4, 0.5) is 5.13 Å². The summed E-state index contributed by atoms with van der Waals surface area (Å²) < 4.78 is 3.15. The van der Waals surface area contributed by atoms with E-state index in [1.165, 1.54) is 5.56 Å². The van der Waals surface area contributed by atoms with Gasteiger partial charge in [-0.25, -0.2) is 9.97 Å². The second-order valence-electron chi connectivity index (χ2n) is 8.75. The molecule has 5 rings (SSSR count). The molecule has 0 aliphatic carbocycles. The van der Waals surface area contributed by atoms with Crippen molar-refractivity contribution >= 4 is 32.6 Å². The molecule has 0 spiro atoms. The van der Waals surface area contributed by atoms with Crippen LogP contribution in [0.5, 0.6) is 0 Å². The molecule has 35 heavy (non-hydrogen) atoms. The first kappa shape index (κ1) is 23.0. The molecule has 2 aromatic heterocycles. The highest BCUT2D eigenvalue weighted by molar-refractivity contribution is 7.22. The van der Waals surface area contributed by atoms with Gasteiger partial charge in [-0.05, 0) is 42.2 Å². The Morgan fingerprint density at radius 3 is 2.37 bits per heavy atom. The number of imidazole rings is 1. The molecule has 6 heteroatoms. The number of benzene rings is 3. The van der Waals surface area contributed by atoms with E-state index in [9.17, 15) is 4.79 Å². The Hall–Kier alpha value is -3.77. The minimum Gasteiger partial charge on any atom is -0.337 e. The van der Waals surface area contributed by atoms with E-state index < -0.39 is 0 Å². The van der Waals surface area contributed by atoms with Crippen LogP contribution in [0, 0.1) is 6.92 Å². The lowest BCUT2D eigenvalue weighted by molar-refractivity contribution is -0.118. The van der Waals surface area contributed by atoms with Crippen LogP contribution < -0.4 is 4.90 Å². The van der Waals surface area contributed by atoms with E-state index >= 15 is 0 Å². The fourth-order valence-electron chi connectivity index (χ4n) is 4.38. The van der Waals surface area contributed by atoms with E-state index in [1.807, 2.05) is 64.5 Å². The van der Waals surface area contributed by atoms with Crippen molar-refractivity contribution in [3.05, 3.63) is 114 Å². The summed E-state index contributed by atoms with van der Waals surface area (Å²) in [5.41, 5.74) is 4.42. The number of hydrogen-bond donors (Lipinski definition) is 0. The second kappa shape index (κ2) is 10.7. The van der Waals surface area contributed by atoms with Gasteiger partial charge in [-0.2, -0.15) is 0 Å². The van der Waals surface area contributed by atoms with Gasteiger partial charge in [0, 0.05) is 37.8 Å². The molecule has 0 saturated heterocycles. The number of nitrogens with zero attached hydrogens (tertiary/aromatic N) is 4. The van der Waals surface area contributed by atoms with Gasteiger partial charge in [-0.1, -0.05) is 78.1 Å². The molecule has 5 nitrogen and oxygen atoms in total. The number of aromatic nitrogens is 3. The second-order valence-corrected chi connectivity index (χ2v) is 9.75. The number of thiazole rings is 1. The Labute approximate surface area is 209 Å². The summed E-state index contributed by atoms with van der Waals surface area (Å²) in [5, 5.41) is 0.765.